The van der Waals surface area contributed by atoms with Crippen LogP contribution in [0.2, 0.25) is 0 Å². The number of aromatic nitrogens is 1. The maximum atomic E-state index is 5.90. The highest BCUT2D eigenvalue weighted by Gasteiger charge is 2.05. The third-order valence-corrected chi connectivity index (χ3v) is 3.80. The number of hydrogen-bond donors (Lipinski definition) is 1. The number of thiazole rings is 1. The van der Waals surface area contributed by atoms with Crippen LogP contribution < -0.4 is 10.1 Å². The van der Waals surface area contributed by atoms with Crippen molar-refractivity contribution in [2.24, 2.45) is 5.92 Å². The monoisotopic (exact) mass is 290 g/mol. The molecule has 0 saturated heterocycles. The van der Waals surface area contributed by atoms with Gasteiger partial charge in [0.05, 0.1) is 0 Å². The van der Waals surface area contributed by atoms with Crippen LogP contribution in [0, 0.1) is 12.8 Å². The first-order valence-corrected chi connectivity index (χ1v) is 7.85. The zero-order valence-corrected chi connectivity index (χ0v) is 13.2. The summed E-state index contributed by atoms with van der Waals surface area (Å²) in [5.41, 5.74) is 2.25. The molecule has 0 atom stereocenters. The van der Waals surface area contributed by atoms with Crippen LogP contribution in [0.3, 0.4) is 0 Å². The number of aryl methyl sites for hydroxylation is 1. The molecule has 1 N–H and O–H groups in total. The van der Waals surface area contributed by atoms with Crippen molar-refractivity contribution in [2.75, 3.05) is 6.54 Å². The van der Waals surface area contributed by atoms with Gasteiger partial charge < -0.3 is 10.1 Å². The van der Waals surface area contributed by atoms with E-state index in [4.69, 9.17) is 4.74 Å². The molecule has 2 rings (SSSR count). The van der Waals surface area contributed by atoms with E-state index in [1.165, 1.54) is 5.56 Å². The molecule has 1 aromatic carbocycles. The summed E-state index contributed by atoms with van der Waals surface area (Å²) < 4.78 is 5.90. The molecule has 20 heavy (non-hydrogen) atoms. The summed E-state index contributed by atoms with van der Waals surface area (Å²) in [5.74, 6) is 1.60. The van der Waals surface area contributed by atoms with Gasteiger partial charge in [-0.05, 0) is 25.5 Å². The summed E-state index contributed by atoms with van der Waals surface area (Å²) in [5, 5.41) is 6.52. The van der Waals surface area contributed by atoms with Crippen LogP contribution in [-0.4, -0.2) is 11.5 Å². The van der Waals surface area contributed by atoms with Gasteiger partial charge in [-0.25, -0.2) is 4.98 Å². The van der Waals surface area contributed by atoms with Crippen molar-refractivity contribution in [3.63, 3.8) is 0 Å². The third kappa shape index (κ3) is 4.62. The van der Waals surface area contributed by atoms with Gasteiger partial charge in [-0.3, -0.25) is 0 Å². The predicted molar refractivity (Wildman–Crippen MR) is 84.2 cm³/mol. The molecule has 0 amide bonds. The van der Waals surface area contributed by atoms with Gasteiger partial charge in [0.15, 0.2) is 0 Å². The highest BCUT2D eigenvalue weighted by atomic mass is 32.1. The number of hydrogen-bond acceptors (Lipinski definition) is 4. The van der Waals surface area contributed by atoms with E-state index in [0.717, 1.165) is 29.5 Å². The second kappa shape index (κ2) is 7.41. The molecule has 3 nitrogen and oxygen atoms in total. The maximum Gasteiger partial charge on any atom is 0.140 e. The molecule has 0 aliphatic heterocycles. The lowest BCUT2D eigenvalue weighted by atomic mass is 10.2. The van der Waals surface area contributed by atoms with E-state index in [1.54, 1.807) is 11.3 Å². The summed E-state index contributed by atoms with van der Waals surface area (Å²) in [6, 6.07) is 8.18. The van der Waals surface area contributed by atoms with Crippen molar-refractivity contribution < 1.29 is 4.74 Å². The second-order valence-corrected chi connectivity index (χ2v) is 6.25. The molecule has 0 spiro atoms. The van der Waals surface area contributed by atoms with Crippen molar-refractivity contribution in [1.82, 2.24) is 10.3 Å². The van der Waals surface area contributed by atoms with Crippen LogP contribution in [-0.2, 0) is 13.2 Å². The number of nitrogens with one attached hydrogen (secondary N) is 1. The summed E-state index contributed by atoms with van der Waals surface area (Å²) in [6.45, 7) is 8.81. The van der Waals surface area contributed by atoms with E-state index in [9.17, 15) is 0 Å². The Labute approximate surface area is 125 Å². The maximum absolute atomic E-state index is 5.90. The normalized spacial score (nSPS) is 11.0. The molecule has 108 valence electrons. The van der Waals surface area contributed by atoms with Gasteiger partial charge in [0.25, 0.3) is 0 Å². The zero-order chi connectivity index (χ0) is 14.4. The SMILES string of the molecule is Cc1csc(COc2ccccc2CNCC(C)C)n1. The van der Waals surface area contributed by atoms with Gasteiger partial charge in [0.2, 0.25) is 0 Å². The Kier molecular flexibility index (Phi) is 5.56. The fourth-order valence-corrected chi connectivity index (χ4v) is 2.58. The molecule has 0 bridgehead atoms. The fourth-order valence-electron chi connectivity index (χ4n) is 1.89. The Morgan fingerprint density at radius 1 is 1.30 bits per heavy atom. The fraction of sp³-hybridized carbons (Fsp3) is 0.438. The molecule has 0 aliphatic carbocycles. The topological polar surface area (TPSA) is 34.1 Å². The van der Waals surface area contributed by atoms with E-state index in [2.05, 4.69) is 35.6 Å². The average Bonchev–Trinajstić information content (AvgIpc) is 2.83. The zero-order valence-electron chi connectivity index (χ0n) is 12.3. The van der Waals surface area contributed by atoms with Gasteiger partial charge in [-0.2, -0.15) is 0 Å². The molecular formula is C16H22N2OS. The minimum Gasteiger partial charge on any atom is -0.486 e. The number of para-hydroxylation sites is 1. The Hall–Kier alpha value is -1.39. The van der Waals surface area contributed by atoms with Crippen molar-refractivity contribution in [3.05, 3.63) is 45.9 Å². The molecule has 2 aromatic rings. The number of benzene rings is 1. The largest absolute Gasteiger partial charge is 0.486 e. The molecule has 1 heterocycles. The van der Waals surface area contributed by atoms with Gasteiger partial charge in [-0.15, -0.1) is 11.3 Å². The van der Waals surface area contributed by atoms with E-state index >= 15 is 0 Å². The molecule has 0 fully saturated rings. The van der Waals surface area contributed by atoms with Crippen LogP contribution in [0.25, 0.3) is 0 Å². The number of ether oxygens (including phenoxy) is 1. The van der Waals surface area contributed by atoms with Gasteiger partial charge in [-0.1, -0.05) is 32.0 Å². The Bertz CT molecular complexity index is 537. The minimum atomic E-state index is 0.541. The first kappa shape index (κ1) is 15.0. The molecule has 4 heteroatoms. The molecule has 0 saturated carbocycles. The van der Waals surface area contributed by atoms with Gasteiger partial charge in [0.1, 0.15) is 17.4 Å². The lowest BCUT2D eigenvalue weighted by Crippen LogP contribution is -2.19. The molecule has 1 aromatic heterocycles. The lowest BCUT2D eigenvalue weighted by molar-refractivity contribution is 0.301. The highest BCUT2D eigenvalue weighted by Crippen LogP contribution is 2.20. The number of nitrogens with zero attached hydrogens (tertiary/aromatic N) is 1. The second-order valence-electron chi connectivity index (χ2n) is 5.30. The molecular weight excluding hydrogens is 268 g/mol. The lowest BCUT2D eigenvalue weighted by Gasteiger charge is -2.12. The summed E-state index contributed by atoms with van der Waals surface area (Å²) in [7, 11) is 0. The van der Waals surface area contributed by atoms with Crippen LogP contribution in [0.5, 0.6) is 5.75 Å². The first-order chi connectivity index (χ1) is 9.65. The van der Waals surface area contributed by atoms with Crippen LogP contribution in [0.4, 0.5) is 0 Å². The summed E-state index contributed by atoms with van der Waals surface area (Å²) in [6.07, 6.45) is 0. The van der Waals surface area contributed by atoms with E-state index in [0.29, 0.717) is 12.5 Å². The quantitative estimate of drug-likeness (QED) is 0.842. The average molecular weight is 290 g/mol. The van der Waals surface area contributed by atoms with Crippen LogP contribution in [0.1, 0.15) is 30.1 Å². The van der Waals surface area contributed by atoms with Gasteiger partial charge >= 0.3 is 0 Å². The summed E-state index contributed by atoms with van der Waals surface area (Å²) >= 11 is 1.64. The molecule has 0 aliphatic rings. The van der Waals surface area contributed by atoms with Gasteiger partial charge in [0, 0.05) is 23.2 Å². The minimum absolute atomic E-state index is 0.541. The smallest absolute Gasteiger partial charge is 0.140 e. The van der Waals surface area contributed by atoms with Crippen molar-refractivity contribution in [3.8, 4) is 5.75 Å². The van der Waals surface area contributed by atoms with E-state index in [1.807, 2.05) is 25.1 Å². The predicted octanol–water partition coefficient (Wildman–Crippen LogP) is 3.78. The Balaban J connectivity index is 1.93. The Morgan fingerprint density at radius 3 is 2.80 bits per heavy atom. The van der Waals surface area contributed by atoms with Crippen molar-refractivity contribution >= 4 is 11.3 Å². The first-order valence-electron chi connectivity index (χ1n) is 6.97. The highest BCUT2D eigenvalue weighted by molar-refractivity contribution is 7.09. The van der Waals surface area contributed by atoms with E-state index < -0.39 is 0 Å². The molecule has 0 radical (unpaired) electrons. The number of rotatable bonds is 7. The Morgan fingerprint density at radius 2 is 2.10 bits per heavy atom. The van der Waals surface area contributed by atoms with Crippen molar-refractivity contribution in [2.45, 2.75) is 33.9 Å². The van der Waals surface area contributed by atoms with Crippen LogP contribution in [0.15, 0.2) is 29.6 Å². The van der Waals surface area contributed by atoms with Crippen LogP contribution >= 0.6 is 11.3 Å². The molecule has 0 unspecified atom stereocenters. The third-order valence-electron chi connectivity index (χ3n) is 2.86. The standard InChI is InChI=1S/C16H22N2OS/c1-12(2)8-17-9-14-6-4-5-7-15(14)19-10-16-18-13(3)11-20-16/h4-7,11-12,17H,8-10H2,1-3H3. The summed E-state index contributed by atoms with van der Waals surface area (Å²) in [4.78, 5) is 4.42. The van der Waals surface area contributed by atoms with Crippen molar-refractivity contribution in [1.29, 1.82) is 0 Å². The van der Waals surface area contributed by atoms with E-state index in [-0.39, 0.29) is 0 Å².